The van der Waals surface area contributed by atoms with Crippen molar-refractivity contribution in [2.75, 3.05) is 0 Å². The first kappa shape index (κ1) is 10.5. The van der Waals surface area contributed by atoms with Crippen LogP contribution in [0.15, 0.2) is 11.3 Å². The summed E-state index contributed by atoms with van der Waals surface area (Å²) in [6.07, 6.45) is 3.96. The quantitative estimate of drug-likeness (QED) is 0.652. The molecular formula is C13H18O2Si. The summed E-state index contributed by atoms with van der Waals surface area (Å²) in [5.74, 6) is 1.70. The van der Waals surface area contributed by atoms with Gasteiger partial charge < -0.3 is 0 Å². The molecule has 3 rings (SSSR count). The Labute approximate surface area is 97.1 Å². The van der Waals surface area contributed by atoms with Crippen LogP contribution in [0.25, 0.3) is 0 Å². The summed E-state index contributed by atoms with van der Waals surface area (Å²) in [5, 5.41) is 1.10. The maximum atomic E-state index is 12.4. The van der Waals surface area contributed by atoms with Crippen molar-refractivity contribution in [1.82, 2.24) is 0 Å². The summed E-state index contributed by atoms with van der Waals surface area (Å²) >= 11 is 0. The highest BCUT2D eigenvalue weighted by Gasteiger charge is 2.58. The topological polar surface area (TPSA) is 34.1 Å². The van der Waals surface area contributed by atoms with E-state index in [0.29, 0.717) is 23.4 Å². The average Bonchev–Trinajstić information content (AvgIpc) is 2.74. The fourth-order valence-electron chi connectivity index (χ4n) is 3.82. The lowest BCUT2D eigenvalue weighted by Gasteiger charge is -2.22. The maximum absolute atomic E-state index is 12.4. The first-order valence-electron chi connectivity index (χ1n) is 6.19. The Morgan fingerprint density at radius 2 is 1.94 bits per heavy atom. The van der Waals surface area contributed by atoms with Gasteiger partial charge in [-0.1, -0.05) is 25.7 Å². The van der Waals surface area contributed by atoms with E-state index in [4.69, 9.17) is 0 Å². The highest BCUT2D eigenvalue weighted by atomic mass is 28.3. The molecule has 2 saturated carbocycles. The Kier molecular flexibility index (Phi) is 1.92. The molecule has 2 fully saturated rings. The van der Waals surface area contributed by atoms with E-state index in [9.17, 15) is 9.59 Å². The number of hydrogen-bond acceptors (Lipinski definition) is 2. The molecule has 0 aromatic rings. The molecular weight excluding hydrogens is 216 g/mol. The average molecular weight is 234 g/mol. The largest absolute Gasteiger partial charge is 0.299 e. The number of ketones is 2. The molecule has 0 heterocycles. The van der Waals surface area contributed by atoms with Crippen molar-refractivity contribution in [3.05, 3.63) is 11.3 Å². The molecule has 0 radical (unpaired) electrons. The summed E-state index contributed by atoms with van der Waals surface area (Å²) in [6, 6.07) is 0. The van der Waals surface area contributed by atoms with Crippen LogP contribution in [-0.2, 0) is 9.59 Å². The molecule has 0 aromatic heterocycles. The number of carbonyl (C=O) groups excluding carboxylic acids is 2. The zero-order valence-electron chi connectivity index (χ0n) is 10.1. The van der Waals surface area contributed by atoms with Crippen LogP contribution in [0.1, 0.15) is 12.8 Å². The predicted octanol–water partition coefficient (Wildman–Crippen LogP) is 2.21. The minimum atomic E-state index is -1.51. The molecule has 4 atom stereocenters. The van der Waals surface area contributed by atoms with Crippen molar-refractivity contribution in [2.24, 2.45) is 23.7 Å². The van der Waals surface area contributed by atoms with Gasteiger partial charge in [-0.05, 0) is 23.5 Å². The van der Waals surface area contributed by atoms with E-state index in [1.165, 1.54) is 0 Å². The van der Waals surface area contributed by atoms with E-state index in [0.717, 1.165) is 18.0 Å². The van der Waals surface area contributed by atoms with Gasteiger partial charge in [0.2, 0.25) is 0 Å². The van der Waals surface area contributed by atoms with Crippen LogP contribution in [0.5, 0.6) is 0 Å². The normalized spacial score (nSPS) is 41.6. The third-order valence-electron chi connectivity index (χ3n) is 4.56. The number of Topliss-reactive ketones (excluding diaryl/α,β-unsaturated/α-hetero) is 2. The van der Waals surface area contributed by atoms with Crippen LogP contribution in [0.4, 0.5) is 0 Å². The Bertz CT molecular complexity index is 416. The molecule has 0 spiro atoms. The second-order valence-corrected chi connectivity index (χ2v) is 11.6. The third-order valence-corrected chi connectivity index (χ3v) is 6.59. The second kappa shape index (κ2) is 2.95. The van der Waals surface area contributed by atoms with Crippen LogP contribution in [0.3, 0.4) is 0 Å². The minimum Gasteiger partial charge on any atom is -0.299 e. The van der Waals surface area contributed by atoms with Crippen molar-refractivity contribution in [1.29, 1.82) is 0 Å². The number of carbonyl (C=O) groups is 2. The first-order chi connectivity index (χ1) is 7.39. The van der Waals surface area contributed by atoms with Gasteiger partial charge in [-0.25, -0.2) is 0 Å². The highest BCUT2D eigenvalue weighted by Crippen LogP contribution is 2.55. The van der Waals surface area contributed by atoms with Gasteiger partial charge in [-0.15, -0.1) is 0 Å². The van der Waals surface area contributed by atoms with Crippen molar-refractivity contribution < 1.29 is 9.59 Å². The fourth-order valence-corrected chi connectivity index (χ4v) is 5.42. The summed E-state index contributed by atoms with van der Waals surface area (Å²) in [6.45, 7) is 6.67. The summed E-state index contributed by atoms with van der Waals surface area (Å²) in [4.78, 5) is 24.1. The van der Waals surface area contributed by atoms with E-state index in [2.05, 4.69) is 25.7 Å². The van der Waals surface area contributed by atoms with E-state index in [-0.39, 0.29) is 11.8 Å². The molecule has 0 unspecified atom stereocenters. The van der Waals surface area contributed by atoms with Gasteiger partial charge >= 0.3 is 0 Å². The molecule has 0 N–H and O–H groups in total. The number of fused-ring (bicyclic) bond motifs is 5. The van der Waals surface area contributed by atoms with Gasteiger partial charge in [0.15, 0.2) is 5.78 Å². The Morgan fingerprint density at radius 1 is 1.25 bits per heavy atom. The summed E-state index contributed by atoms with van der Waals surface area (Å²) < 4.78 is 0. The molecule has 3 heteroatoms. The van der Waals surface area contributed by atoms with Gasteiger partial charge in [-0.2, -0.15) is 0 Å². The molecule has 0 saturated heterocycles. The highest BCUT2D eigenvalue weighted by molar-refractivity contribution is 6.87. The van der Waals surface area contributed by atoms with E-state index in [1.807, 2.05) is 0 Å². The molecule has 3 aliphatic carbocycles. The second-order valence-electron chi connectivity index (χ2n) is 6.57. The zero-order chi connectivity index (χ0) is 11.7. The smallest absolute Gasteiger partial charge is 0.159 e. The van der Waals surface area contributed by atoms with Crippen LogP contribution in [0, 0.1) is 23.7 Å². The SMILES string of the molecule is C[Si](C)(C)C1=C[C@H]2[C@@H]3CC(=O)[C@@H](C3)[C@H]2C1=O. The van der Waals surface area contributed by atoms with Crippen LogP contribution in [0.2, 0.25) is 19.6 Å². The molecule has 2 bridgehead atoms. The standard InChI is InChI=1S/C13H18O2Si/c1-16(2,3)11-6-8-7-4-9(10(14)5-7)12(8)13(11)15/h6-9,12H,4-5H2,1-3H3/t7-,8-,9+,12-/m0/s1. The fraction of sp³-hybridized carbons (Fsp3) is 0.692. The maximum Gasteiger partial charge on any atom is 0.159 e. The molecule has 3 aliphatic rings. The predicted molar refractivity (Wildman–Crippen MR) is 64.6 cm³/mol. The molecule has 2 nitrogen and oxygen atoms in total. The summed E-state index contributed by atoms with van der Waals surface area (Å²) in [5.41, 5.74) is 0. The van der Waals surface area contributed by atoms with Crippen LogP contribution < -0.4 is 0 Å². The molecule has 0 aliphatic heterocycles. The van der Waals surface area contributed by atoms with Gasteiger partial charge in [0, 0.05) is 18.3 Å². The summed E-state index contributed by atoms with van der Waals surface area (Å²) in [7, 11) is -1.51. The first-order valence-corrected chi connectivity index (χ1v) is 9.69. The molecule has 0 aromatic carbocycles. The Morgan fingerprint density at radius 3 is 2.56 bits per heavy atom. The van der Waals surface area contributed by atoms with Crippen LogP contribution >= 0.6 is 0 Å². The Hall–Kier alpha value is -0.703. The van der Waals surface area contributed by atoms with Gasteiger partial charge in [0.1, 0.15) is 5.78 Å². The van der Waals surface area contributed by atoms with Crippen molar-refractivity contribution in [3.8, 4) is 0 Å². The lowest BCUT2D eigenvalue weighted by molar-refractivity contribution is -0.130. The molecule has 86 valence electrons. The van der Waals surface area contributed by atoms with E-state index in [1.54, 1.807) is 0 Å². The minimum absolute atomic E-state index is 0.0491. The molecule has 0 amide bonds. The third kappa shape index (κ3) is 1.18. The molecule has 16 heavy (non-hydrogen) atoms. The van der Waals surface area contributed by atoms with E-state index < -0.39 is 8.07 Å². The number of allylic oxidation sites excluding steroid dienone is 2. The lowest BCUT2D eigenvalue weighted by atomic mass is 9.80. The van der Waals surface area contributed by atoms with Gasteiger partial charge in [-0.3, -0.25) is 9.59 Å². The van der Waals surface area contributed by atoms with Gasteiger partial charge in [0.25, 0.3) is 0 Å². The lowest BCUT2D eigenvalue weighted by Crippen LogP contribution is -2.34. The monoisotopic (exact) mass is 234 g/mol. The van der Waals surface area contributed by atoms with Crippen molar-refractivity contribution >= 4 is 19.6 Å². The van der Waals surface area contributed by atoms with Crippen molar-refractivity contribution in [3.63, 3.8) is 0 Å². The number of rotatable bonds is 1. The zero-order valence-corrected chi connectivity index (χ0v) is 11.1. The van der Waals surface area contributed by atoms with Crippen molar-refractivity contribution in [2.45, 2.75) is 32.5 Å². The van der Waals surface area contributed by atoms with Gasteiger partial charge in [0.05, 0.1) is 8.07 Å². The Balaban J connectivity index is 1.99. The van der Waals surface area contributed by atoms with E-state index >= 15 is 0 Å². The number of hydrogen-bond donors (Lipinski definition) is 0. The van der Waals surface area contributed by atoms with Crippen LogP contribution in [-0.4, -0.2) is 19.6 Å².